The van der Waals surface area contributed by atoms with Crippen LogP contribution in [0.4, 0.5) is 0 Å². The molecule has 1 fully saturated rings. The molecular weight excluding hydrogens is 277 g/mol. The van der Waals surface area contributed by atoms with Crippen LogP contribution in [0, 0.1) is 11.8 Å². The molecule has 0 radical (unpaired) electrons. The predicted octanol–water partition coefficient (Wildman–Crippen LogP) is 5.47. The fraction of sp³-hybridized carbons (Fsp3) is 0.625. The number of nitrogens with one attached hydrogen (secondary N) is 1. The van der Waals surface area contributed by atoms with Crippen molar-refractivity contribution in [2.75, 3.05) is 0 Å². The average Bonchev–Trinajstić information content (AvgIpc) is 2.34. The largest absolute Gasteiger partial charge is 0.307 e. The molecule has 3 heteroatoms. The van der Waals surface area contributed by atoms with Crippen LogP contribution >= 0.6 is 23.2 Å². The monoisotopic (exact) mass is 299 g/mol. The third kappa shape index (κ3) is 3.65. The molecule has 0 saturated heterocycles. The molecule has 1 aromatic carbocycles. The van der Waals surface area contributed by atoms with Crippen molar-refractivity contribution in [1.82, 2.24) is 5.32 Å². The van der Waals surface area contributed by atoms with Gasteiger partial charge in [0.15, 0.2) is 0 Å². The smallest absolute Gasteiger partial charge is 0.0468 e. The average molecular weight is 300 g/mol. The van der Waals surface area contributed by atoms with Gasteiger partial charge in [0, 0.05) is 22.1 Å². The summed E-state index contributed by atoms with van der Waals surface area (Å²) in [6, 6.07) is 6.62. The molecule has 1 aromatic rings. The van der Waals surface area contributed by atoms with Crippen molar-refractivity contribution < 1.29 is 0 Å². The van der Waals surface area contributed by atoms with Crippen molar-refractivity contribution in [1.29, 1.82) is 0 Å². The van der Waals surface area contributed by atoms with E-state index in [1.54, 1.807) is 0 Å². The Bertz CT molecular complexity index is 433. The fourth-order valence-corrected chi connectivity index (χ4v) is 3.65. The van der Waals surface area contributed by atoms with E-state index in [0.29, 0.717) is 11.1 Å². The Morgan fingerprint density at radius 1 is 1.21 bits per heavy atom. The fourth-order valence-electron chi connectivity index (χ4n) is 3.08. The van der Waals surface area contributed by atoms with Crippen molar-refractivity contribution in [3.8, 4) is 0 Å². The Kier molecular flexibility index (Phi) is 5.16. The van der Waals surface area contributed by atoms with Gasteiger partial charge in [-0.05, 0) is 42.9 Å². The first-order valence-corrected chi connectivity index (χ1v) is 7.95. The Morgan fingerprint density at radius 2 is 1.95 bits per heavy atom. The van der Waals surface area contributed by atoms with Crippen LogP contribution in [-0.2, 0) is 0 Å². The van der Waals surface area contributed by atoms with Crippen LogP contribution in [0.2, 0.25) is 10.0 Å². The summed E-state index contributed by atoms with van der Waals surface area (Å²) in [5.74, 6) is 1.53. The van der Waals surface area contributed by atoms with E-state index in [0.717, 1.165) is 22.4 Å². The van der Waals surface area contributed by atoms with Gasteiger partial charge in [0.2, 0.25) is 0 Å². The van der Waals surface area contributed by atoms with Gasteiger partial charge in [-0.2, -0.15) is 0 Å². The molecule has 4 atom stereocenters. The van der Waals surface area contributed by atoms with Crippen LogP contribution in [0.25, 0.3) is 0 Å². The van der Waals surface area contributed by atoms with Gasteiger partial charge >= 0.3 is 0 Å². The topological polar surface area (TPSA) is 12.0 Å². The highest BCUT2D eigenvalue weighted by Crippen LogP contribution is 2.32. The van der Waals surface area contributed by atoms with E-state index in [1.807, 2.05) is 18.2 Å². The maximum atomic E-state index is 6.28. The SMILES string of the molecule is CC(NC1CCCC(C)C1C)c1ccc(Cl)cc1Cl. The summed E-state index contributed by atoms with van der Waals surface area (Å²) < 4.78 is 0. The third-order valence-corrected chi connectivity index (χ3v) is 5.16. The first-order chi connectivity index (χ1) is 8.99. The van der Waals surface area contributed by atoms with Crippen molar-refractivity contribution in [3.63, 3.8) is 0 Å². The van der Waals surface area contributed by atoms with Crippen molar-refractivity contribution in [2.24, 2.45) is 11.8 Å². The van der Waals surface area contributed by atoms with Crippen LogP contribution in [0.3, 0.4) is 0 Å². The van der Waals surface area contributed by atoms with Crippen LogP contribution in [0.5, 0.6) is 0 Å². The lowest BCUT2D eigenvalue weighted by molar-refractivity contribution is 0.196. The number of hydrogen-bond donors (Lipinski definition) is 1. The molecule has 1 saturated carbocycles. The molecule has 1 aliphatic carbocycles. The van der Waals surface area contributed by atoms with Crippen LogP contribution in [0.1, 0.15) is 51.6 Å². The van der Waals surface area contributed by atoms with Gasteiger partial charge < -0.3 is 5.32 Å². The summed E-state index contributed by atoms with van der Waals surface area (Å²) in [5, 5.41) is 5.20. The number of benzene rings is 1. The molecule has 1 N–H and O–H groups in total. The van der Waals surface area contributed by atoms with Gasteiger partial charge in [0.25, 0.3) is 0 Å². The van der Waals surface area contributed by atoms with Gasteiger partial charge in [-0.1, -0.05) is 56.0 Å². The number of halogens is 2. The minimum absolute atomic E-state index is 0.266. The molecule has 0 heterocycles. The molecule has 1 nitrogen and oxygen atoms in total. The molecule has 0 aromatic heterocycles. The zero-order valence-corrected chi connectivity index (χ0v) is 13.4. The standard InChI is InChI=1S/C16H23Cl2N/c1-10-5-4-6-16(11(10)2)19-12(3)14-8-7-13(17)9-15(14)18/h7-12,16,19H,4-6H2,1-3H3. The van der Waals surface area contributed by atoms with Crippen LogP contribution < -0.4 is 5.32 Å². The van der Waals surface area contributed by atoms with E-state index in [2.05, 4.69) is 26.1 Å². The van der Waals surface area contributed by atoms with Gasteiger partial charge in [0.1, 0.15) is 0 Å². The number of hydrogen-bond acceptors (Lipinski definition) is 1. The van der Waals surface area contributed by atoms with E-state index in [4.69, 9.17) is 23.2 Å². The predicted molar refractivity (Wildman–Crippen MR) is 84.0 cm³/mol. The summed E-state index contributed by atoms with van der Waals surface area (Å²) in [5.41, 5.74) is 1.14. The Hall–Kier alpha value is -0.240. The lowest BCUT2D eigenvalue weighted by atomic mass is 9.77. The highest BCUT2D eigenvalue weighted by atomic mass is 35.5. The minimum atomic E-state index is 0.266. The van der Waals surface area contributed by atoms with Crippen molar-refractivity contribution in [2.45, 2.75) is 52.1 Å². The van der Waals surface area contributed by atoms with Gasteiger partial charge in [-0.15, -0.1) is 0 Å². The number of rotatable bonds is 3. The second-order valence-electron chi connectivity index (χ2n) is 5.93. The Balaban J connectivity index is 2.05. The normalized spacial score (nSPS) is 29.2. The molecule has 0 aliphatic heterocycles. The molecular formula is C16H23Cl2N. The van der Waals surface area contributed by atoms with E-state index in [9.17, 15) is 0 Å². The maximum absolute atomic E-state index is 6.28. The molecule has 106 valence electrons. The van der Waals surface area contributed by atoms with E-state index in [-0.39, 0.29) is 6.04 Å². The second kappa shape index (κ2) is 6.47. The van der Waals surface area contributed by atoms with E-state index >= 15 is 0 Å². The Labute approximate surface area is 126 Å². The van der Waals surface area contributed by atoms with Crippen molar-refractivity contribution >= 4 is 23.2 Å². The zero-order valence-electron chi connectivity index (χ0n) is 11.9. The molecule has 0 bridgehead atoms. The van der Waals surface area contributed by atoms with Crippen LogP contribution in [-0.4, -0.2) is 6.04 Å². The zero-order chi connectivity index (χ0) is 14.0. The molecule has 0 spiro atoms. The molecule has 19 heavy (non-hydrogen) atoms. The quantitative estimate of drug-likeness (QED) is 0.780. The summed E-state index contributed by atoms with van der Waals surface area (Å²) >= 11 is 12.2. The first kappa shape index (κ1) is 15.2. The maximum Gasteiger partial charge on any atom is 0.0468 e. The summed E-state index contributed by atoms with van der Waals surface area (Å²) in [6.45, 7) is 6.90. The molecule has 0 amide bonds. The molecule has 1 aliphatic rings. The van der Waals surface area contributed by atoms with E-state index in [1.165, 1.54) is 19.3 Å². The summed E-state index contributed by atoms with van der Waals surface area (Å²) in [7, 11) is 0. The molecule has 4 unspecified atom stereocenters. The second-order valence-corrected chi connectivity index (χ2v) is 6.77. The lowest BCUT2D eigenvalue weighted by Crippen LogP contribution is -2.41. The first-order valence-electron chi connectivity index (χ1n) is 7.20. The highest BCUT2D eigenvalue weighted by molar-refractivity contribution is 6.35. The van der Waals surface area contributed by atoms with Crippen molar-refractivity contribution in [3.05, 3.63) is 33.8 Å². The highest BCUT2D eigenvalue weighted by Gasteiger charge is 2.28. The third-order valence-electron chi connectivity index (χ3n) is 4.60. The summed E-state index contributed by atoms with van der Waals surface area (Å²) in [4.78, 5) is 0. The van der Waals surface area contributed by atoms with Gasteiger partial charge in [-0.3, -0.25) is 0 Å². The minimum Gasteiger partial charge on any atom is -0.307 e. The van der Waals surface area contributed by atoms with Gasteiger partial charge in [-0.25, -0.2) is 0 Å². The van der Waals surface area contributed by atoms with Gasteiger partial charge in [0.05, 0.1) is 0 Å². The van der Waals surface area contributed by atoms with E-state index < -0.39 is 0 Å². The van der Waals surface area contributed by atoms with Crippen LogP contribution in [0.15, 0.2) is 18.2 Å². The lowest BCUT2D eigenvalue weighted by Gasteiger charge is -2.36. The Morgan fingerprint density at radius 3 is 2.63 bits per heavy atom. The summed E-state index contributed by atoms with van der Waals surface area (Å²) in [6.07, 6.45) is 3.95. The molecule has 2 rings (SSSR count).